The highest BCUT2D eigenvalue weighted by Gasteiger charge is 2.50. The molecule has 26 heavy (non-hydrogen) atoms. The Morgan fingerprint density at radius 3 is 2.00 bits per heavy atom. The molecule has 1 atom stereocenters. The molecule has 0 heterocycles. The molecule has 1 rings (SSSR count). The third kappa shape index (κ3) is 5.44. The van der Waals surface area contributed by atoms with Gasteiger partial charge in [0.25, 0.3) is 0 Å². The van der Waals surface area contributed by atoms with Crippen LogP contribution in [0.1, 0.15) is 84.1 Å². The predicted octanol–water partition coefficient (Wildman–Crippen LogP) is 7.25. The van der Waals surface area contributed by atoms with Gasteiger partial charge in [0.15, 0.2) is 0 Å². The van der Waals surface area contributed by atoms with Crippen LogP contribution in [-0.4, -0.2) is 14.2 Å². The highest BCUT2D eigenvalue weighted by Crippen LogP contribution is 2.50. The van der Waals surface area contributed by atoms with E-state index in [1.165, 1.54) is 38.5 Å². The largest absolute Gasteiger partial charge is 0.349 e. The van der Waals surface area contributed by atoms with Gasteiger partial charge in [-0.1, -0.05) is 102 Å². The molecule has 0 aliphatic carbocycles. The smallest absolute Gasteiger partial charge is 0.203 e. The third-order valence-corrected chi connectivity index (χ3v) is 5.66. The molecule has 0 aromatic heterocycles. The van der Waals surface area contributed by atoms with Gasteiger partial charge in [-0.15, -0.1) is 0 Å². The lowest BCUT2D eigenvalue weighted by Crippen LogP contribution is -2.47. The van der Waals surface area contributed by atoms with Crippen molar-refractivity contribution in [1.82, 2.24) is 0 Å². The second-order valence-corrected chi connectivity index (χ2v) is 7.23. The van der Waals surface area contributed by atoms with E-state index in [-0.39, 0.29) is 5.41 Å². The maximum absolute atomic E-state index is 6.15. The number of benzene rings is 1. The Morgan fingerprint density at radius 1 is 0.846 bits per heavy atom. The summed E-state index contributed by atoms with van der Waals surface area (Å²) in [5.41, 5.74) is 0.928. The Balaban J connectivity index is 3.13. The first kappa shape index (κ1) is 22.9. The molecular formula is C24H40O2. The van der Waals surface area contributed by atoms with Crippen LogP contribution in [0.15, 0.2) is 42.5 Å². The van der Waals surface area contributed by atoms with Crippen LogP contribution < -0.4 is 0 Å². The monoisotopic (exact) mass is 360 g/mol. The van der Waals surface area contributed by atoms with Gasteiger partial charge in [-0.3, -0.25) is 0 Å². The van der Waals surface area contributed by atoms with Gasteiger partial charge in [-0.05, 0) is 19.3 Å². The highest BCUT2D eigenvalue weighted by atomic mass is 16.7. The minimum Gasteiger partial charge on any atom is -0.349 e. The normalized spacial score (nSPS) is 14.7. The van der Waals surface area contributed by atoms with Crippen molar-refractivity contribution in [3.8, 4) is 0 Å². The summed E-state index contributed by atoms with van der Waals surface area (Å²) in [5, 5.41) is 0. The zero-order valence-corrected chi connectivity index (χ0v) is 17.7. The molecule has 0 spiro atoms. The first-order chi connectivity index (χ1) is 12.7. The van der Waals surface area contributed by atoms with Gasteiger partial charge in [0.2, 0.25) is 5.79 Å². The van der Waals surface area contributed by atoms with Crippen LogP contribution >= 0.6 is 0 Å². The summed E-state index contributed by atoms with van der Waals surface area (Å²) in [4.78, 5) is 0. The number of ether oxygens (including phenoxy) is 2. The lowest BCUT2D eigenvalue weighted by molar-refractivity contribution is -0.277. The summed E-state index contributed by atoms with van der Waals surface area (Å²) in [5.74, 6) is -0.752. The topological polar surface area (TPSA) is 18.5 Å². The van der Waals surface area contributed by atoms with Crippen LogP contribution in [0.5, 0.6) is 0 Å². The molecule has 0 bridgehead atoms. The van der Waals surface area contributed by atoms with E-state index in [9.17, 15) is 0 Å². The summed E-state index contributed by atoms with van der Waals surface area (Å²) >= 11 is 0. The van der Waals surface area contributed by atoms with E-state index in [1.807, 2.05) is 6.07 Å². The van der Waals surface area contributed by atoms with E-state index in [4.69, 9.17) is 9.47 Å². The fourth-order valence-electron chi connectivity index (χ4n) is 4.12. The van der Waals surface area contributed by atoms with E-state index in [1.54, 1.807) is 14.2 Å². The minimum absolute atomic E-state index is 0.168. The Morgan fingerprint density at radius 2 is 1.46 bits per heavy atom. The van der Waals surface area contributed by atoms with Crippen LogP contribution in [-0.2, 0) is 15.3 Å². The molecule has 0 N–H and O–H groups in total. The molecule has 0 aliphatic rings. The van der Waals surface area contributed by atoms with Gasteiger partial charge in [0, 0.05) is 25.2 Å². The van der Waals surface area contributed by atoms with Crippen LogP contribution in [0.4, 0.5) is 0 Å². The van der Waals surface area contributed by atoms with Crippen molar-refractivity contribution in [2.24, 2.45) is 5.41 Å². The average Bonchev–Trinajstić information content (AvgIpc) is 2.70. The third-order valence-electron chi connectivity index (χ3n) is 5.66. The molecular weight excluding hydrogens is 320 g/mol. The number of methoxy groups -OCH3 is 2. The summed E-state index contributed by atoms with van der Waals surface area (Å²) in [7, 11) is 3.56. The van der Waals surface area contributed by atoms with Gasteiger partial charge in [0.1, 0.15) is 0 Å². The molecule has 0 amide bonds. The van der Waals surface area contributed by atoms with Crippen molar-refractivity contribution in [3.63, 3.8) is 0 Å². The first-order valence-corrected chi connectivity index (χ1v) is 10.5. The van der Waals surface area contributed by atoms with E-state index >= 15 is 0 Å². The molecule has 1 aromatic rings. The molecule has 2 nitrogen and oxygen atoms in total. The van der Waals surface area contributed by atoms with E-state index < -0.39 is 5.79 Å². The Kier molecular flexibility index (Phi) is 10.8. The molecule has 0 aliphatic heterocycles. The van der Waals surface area contributed by atoms with Crippen molar-refractivity contribution in [3.05, 3.63) is 48.0 Å². The molecule has 1 aromatic carbocycles. The predicted molar refractivity (Wildman–Crippen MR) is 112 cm³/mol. The van der Waals surface area contributed by atoms with Gasteiger partial charge in [-0.25, -0.2) is 0 Å². The molecule has 2 heteroatoms. The van der Waals surface area contributed by atoms with Crippen LogP contribution in [0, 0.1) is 5.41 Å². The average molecular weight is 361 g/mol. The van der Waals surface area contributed by atoms with Gasteiger partial charge in [-0.2, -0.15) is 0 Å². The summed E-state index contributed by atoms with van der Waals surface area (Å²) < 4.78 is 12.3. The molecule has 0 fully saturated rings. The van der Waals surface area contributed by atoms with Crippen LogP contribution in [0.3, 0.4) is 0 Å². The Labute approximate surface area is 162 Å². The molecule has 148 valence electrons. The molecule has 0 saturated heterocycles. The van der Waals surface area contributed by atoms with Crippen LogP contribution in [0.25, 0.3) is 0 Å². The zero-order chi connectivity index (χ0) is 19.3. The number of rotatable bonds is 14. The highest BCUT2D eigenvalue weighted by molar-refractivity contribution is 5.26. The summed E-state index contributed by atoms with van der Waals surface area (Å²) in [6.45, 7) is 6.71. The number of hydrogen-bond acceptors (Lipinski definition) is 2. The molecule has 0 saturated carbocycles. The number of unbranched alkanes of at least 4 members (excludes halogenated alkanes) is 5. The molecule has 0 radical (unpaired) electrons. The quantitative estimate of drug-likeness (QED) is 0.198. The zero-order valence-electron chi connectivity index (χ0n) is 17.7. The summed E-state index contributed by atoms with van der Waals surface area (Å²) in [6, 6.07) is 10.4. The van der Waals surface area contributed by atoms with Gasteiger partial charge in [0.05, 0.1) is 0 Å². The van der Waals surface area contributed by atoms with E-state index in [0.717, 1.165) is 24.8 Å². The first-order valence-electron chi connectivity index (χ1n) is 10.5. The van der Waals surface area contributed by atoms with Crippen molar-refractivity contribution in [2.75, 3.05) is 14.2 Å². The van der Waals surface area contributed by atoms with Crippen molar-refractivity contribution in [2.45, 2.75) is 84.3 Å². The maximum Gasteiger partial charge on any atom is 0.203 e. The van der Waals surface area contributed by atoms with Crippen LogP contribution in [0.2, 0.25) is 0 Å². The number of hydrogen-bond donors (Lipinski definition) is 0. The lowest BCUT2D eigenvalue weighted by Gasteiger charge is -2.47. The second kappa shape index (κ2) is 12.3. The lowest BCUT2D eigenvalue weighted by atomic mass is 9.69. The standard InChI is InChI=1S/C24H40O2/c1-6-9-11-12-13-17-21-23(8-3,20-10-7-2)24(25-4,26-5)22-18-15-14-16-19-22/h10,14-16,18-20H,6-9,11-13,17,21H2,1-5H3. The van der Waals surface area contributed by atoms with Crippen molar-refractivity contribution < 1.29 is 9.47 Å². The van der Waals surface area contributed by atoms with Gasteiger partial charge >= 0.3 is 0 Å². The Bertz CT molecular complexity index is 490. The van der Waals surface area contributed by atoms with Crippen molar-refractivity contribution in [1.29, 1.82) is 0 Å². The maximum atomic E-state index is 6.15. The fraction of sp³-hybridized carbons (Fsp3) is 0.667. The SMILES string of the molecule is CCC=CC(CC)(CCCCCCCC)C(OC)(OC)c1ccccc1. The molecule has 1 unspecified atom stereocenters. The minimum atomic E-state index is -0.752. The summed E-state index contributed by atoms with van der Waals surface area (Å²) in [6.07, 6.45) is 15.5. The fourth-order valence-corrected chi connectivity index (χ4v) is 4.12. The van der Waals surface area contributed by atoms with Gasteiger partial charge < -0.3 is 9.47 Å². The second-order valence-electron chi connectivity index (χ2n) is 7.23. The van der Waals surface area contributed by atoms with E-state index in [2.05, 4.69) is 57.2 Å². The number of allylic oxidation sites excluding steroid dienone is 1. The Hall–Kier alpha value is -1.12. The van der Waals surface area contributed by atoms with Crippen molar-refractivity contribution >= 4 is 0 Å². The van der Waals surface area contributed by atoms with E-state index in [0.29, 0.717) is 0 Å².